The number of nitriles is 1. The number of nitrogens with zero attached hydrogens (tertiary/aromatic N) is 1. The molecular weight excluding hydrogens is 397 g/mol. The molecule has 1 unspecified atom stereocenters. The summed E-state index contributed by atoms with van der Waals surface area (Å²) in [6.07, 6.45) is 10.1. The Kier molecular flexibility index (Phi) is 11.5. The van der Waals surface area contributed by atoms with Crippen LogP contribution >= 0.6 is 0 Å². The average Bonchev–Trinajstić information content (AvgIpc) is 2.63. The van der Waals surface area contributed by atoms with Crippen LogP contribution in [0.25, 0.3) is 0 Å². The van der Waals surface area contributed by atoms with E-state index in [1.165, 1.54) is 57.4 Å². The summed E-state index contributed by atoms with van der Waals surface area (Å²) in [5.41, 5.74) is 1.40. The molecule has 2 heteroatoms. The molecule has 0 spiro atoms. The van der Waals surface area contributed by atoms with Gasteiger partial charge in [0, 0.05) is 0 Å². The fraction of sp³-hybridized carbons (Fsp3) is 0.682. The Hall–Kier alpha value is -0.491. The topological polar surface area (TPSA) is 23.8 Å². The molecule has 1 rings (SSSR count). The molecule has 0 saturated heterocycles. The molecule has 0 heterocycles. The molecule has 0 aliphatic heterocycles. The Balaban J connectivity index is 2.89. The van der Waals surface area contributed by atoms with Crippen molar-refractivity contribution in [3.63, 3.8) is 0 Å². The van der Waals surface area contributed by atoms with Crippen molar-refractivity contribution < 1.29 is 0 Å². The van der Waals surface area contributed by atoms with Gasteiger partial charge < -0.3 is 0 Å². The van der Waals surface area contributed by atoms with Crippen LogP contribution < -0.4 is 0 Å². The minimum atomic E-state index is -2.40. The van der Waals surface area contributed by atoms with Crippen LogP contribution in [0.1, 0.15) is 71.3 Å². The van der Waals surface area contributed by atoms with Gasteiger partial charge in [-0.15, -0.1) is 0 Å². The molecule has 1 aromatic rings. The summed E-state index contributed by atoms with van der Waals surface area (Å²) in [5, 5.41) is 10.0. The number of hydrogen-bond donors (Lipinski definition) is 0. The Morgan fingerprint density at radius 3 is 1.79 bits per heavy atom. The second kappa shape index (κ2) is 12.8. The van der Waals surface area contributed by atoms with Gasteiger partial charge in [-0.1, -0.05) is 0 Å². The van der Waals surface area contributed by atoms with E-state index in [9.17, 15) is 5.26 Å². The Morgan fingerprint density at radius 1 is 0.875 bits per heavy atom. The number of unbranched alkanes of at least 4 members (excludes halogenated alkanes) is 3. The third kappa shape index (κ3) is 7.17. The molecule has 134 valence electrons. The molecule has 0 amide bonds. The Morgan fingerprint density at radius 2 is 1.38 bits per heavy atom. The van der Waals surface area contributed by atoms with Gasteiger partial charge in [-0.25, -0.2) is 0 Å². The van der Waals surface area contributed by atoms with Gasteiger partial charge >= 0.3 is 155 Å². The van der Waals surface area contributed by atoms with Gasteiger partial charge in [0.2, 0.25) is 0 Å². The maximum absolute atomic E-state index is 10.0. The maximum atomic E-state index is 10.0. The fourth-order valence-corrected chi connectivity index (χ4v) is 21.1. The first-order chi connectivity index (χ1) is 11.7. The fourth-order valence-electron chi connectivity index (χ4n) is 3.95. The van der Waals surface area contributed by atoms with Crippen LogP contribution in [0.3, 0.4) is 0 Å². The third-order valence-electron chi connectivity index (χ3n) is 5.54. The van der Waals surface area contributed by atoms with Crippen LogP contribution in [0.4, 0.5) is 0 Å². The van der Waals surface area contributed by atoms with Gasteiger partial charge in [0.05, 0.1) is 0 Å². The summed E-state index contributed by atoms with van der Waals surface area (Å²) in [5.74, 6) is 0. The van der Waals surface area contributed by atoms with E-state index in [1.54, 1.807) is 0 Å². The van der Waals surface area contributed by atoms with Gasteiger partial charge in [-0.2, -0.15) is 0 Å². The van der Waals surface area contributed by atoms with Crippen LogP contribution in [0.5, 0.6) is 0 Å². The summed E-state index contributed by atoms with van der Waals surface area (Å²) >= 11 is -2.40. The van der Waals surface area contributed by atoms with Crippen molar-refractivity contribution in [1.29, 1.82) is 5.26 Å². The summed E-state index contributed by atoms with van der Waals surface area (Å²) in [6.45, 7) is 6.92. The Bertz CT molecular complexity index is 441. The van der Waals surface area contributed by atoms with Crippen LogP contribution in [0, 0.1) is 11.3 Å². The average molecular weight is 434 g/mol. The molecule has 0 fully saturated rings. The second-order valence-corrected chi connectivity index (χ2v) is 21.4. The molecule has 0 N–H and O–H groups in total. The normalized spacial score (nSPS) is 12.8. The number of rotatable bonds is 13. The molecule has 0 bridgehead atoms. The first kappa shape index (κ1) is 21.6. The quantitative estimate of drug-likeness (QED) is 0.298. The van der Waals surface area contributed by atoms with Gasteiger partial charge in [-0.3, -0.25) is 0 Å². The molecule has 0 radical (unpaired) electrons. The van der Waals surface area contributed by atoms with Crippen molar-refractivity contribution in [3.05, 3.63) is 35.9 Å². The van der Waals surface area contributed by atoms with Crippen molar-refractivity contribution in [2.75, 3.05) is 0 Å². The van der Waals surface area contributed by atoms with Gasteiger partial charge in [0.25, 0.3) is 0 Å². The summed E-state index contributed by atoms with van der Waals surface area (Å²) in [6, 6.07) is 13.6. The van der Waals surface area contributed by atoms with E-state index >= 15 is 0 Å². The zero-order valence-electron chi connectivity index (χ0n) is 16.2. The number of aryl methyl sites for hydroxylation is 1. The molecule has 0 saturated carbocycles. The molecule has 24 heavy (non-hydrogen) atoms. The van der Waals surface area contributed by atoms with Crippen molar-refractivity contribution >= 4 is 18.4 Å². The molecule has 1 aromatic carbocycles. The van der Waals surface area contributed by atoms with Crippen molar-refractivity contribution in [1.82, 2.24) is 0 Å². The molecule has 0 aliphatic rings. The molecule has 0 aromatic heterocycles. The molecular formula is C22H37NSn. The predicted molar refractivity (Wildman–Crippen MR) is 109 cm³/mol. The van der Waals surface area contributed by atoms with Crippen molar-refractivity contribution in [2.24, 2.45) is 0 Å². The first-order valence-electron chi connectivity index (χ1n) is 10.2. The van der Waals surface area contributed by atoms with E-state index in [0.29, 0.717) is 3.93 Å². The van der Waals surface area contributed by atoms with E-state index in [1.807, 2.05) is 0 Å². The Labute approximate surface area is 154 Å². The number of benzene rings is 1. The van der Waals surface area contributed by atoms with E-state index < -0.39 is 18.4 Å². The SMILES string of the molecule is CCC[CH2][Sn]([CH2]CCC)([CH2]CCC)[CH](C#N)CCc1ccccc1. The monoisotopic (exact) mass is 435 g/mol. The van der Waals surface area contributed by atoms with Gasteiger partial charge in [-0.05, 0) is 0 Å². The van der Waals surface area contributed by atoms with Crippen LogP contribution in [-0.2, 0) is 6.42 Å². The summed E-state index contributed by atoms with van der Waals surface area (Å²) < 4.78 is 4.73. The van der Waals surface area contributed by atoms with Crippen molar-refractivity contribution in [2.45, 2.75) is 89.4 Å². The van der Waals surface area contributed by atoms with Crippen LogP contribution in [0.15, 0.2) is 30.3 Å². The van der Waals surface area contributed by atoms with Crippen molar-refractivity contribution in [3.8, 4) is 6.07 Å². The zero-order valence-corrected chi connectivity index (χ0v) is 19.0. The molecule has 0 aliphatic carbocycles. The number of hydrogen-bond acceptors (Lipinski definition) is 1. The molecule has 1 nitrogen and oxygen atoms in total. The van der Waals surface area contributed by atoms with E-state index in [0.717, 1.165) is 12.8 Å². The second-order valence-electron chi connectivity index (χ2n) is 7.38. The summed E-state index contributed by atoms with van der Waals surface area (Å²) in [7, 11) is 0. The van der Waals surface area contributed by atoms with Gasteiger partial charge in [0.15, 0.2) is 0 Å². The van der Waals surface area contributed by atoms with E-state index in [-0.39, 0.29) is 0 Å². The zero-order chi connectivity index (χ0) is 17.7. The van der Waals surface area contributed by atoms with Gasteiger partial charge in [0.1, 0.15) is 0 Å². The first-order valence-corrected chi connectivity index (χ1v) is 17.9. The predicted octanol–water partition coefficient (Wildman–Crippen LogP) is 7.36. The standard InChI is InChI=1S/C10H10N.3C4H9.Sn/c11-9-5-4-8-10-6-2-1-3-7-10;3*1-3-4-2;/h1-3,5-7H,4,8H2;3*1,3-4H2,2H3;. The van der Waals surface area contributed by atoms with E-state index in [2.05, 4.69) is 57.2 Å². The van der Waals surface area contributed by atoms with Crippen LogP contribution in [0.2, 0.25) is 17.2 Å². The third-order valence-corrected chi connectivity index (χ3v) is 22.5. The van der Waals surface area contributed by atoms with E-state index in [4.69, 9.17) is 0 Å². The van der Waals surface area contributed by atoms with Crippen LogP contribution in [-0.4, -0.2) is 18.4 Å². The molecule has 1 atom stereocenters. The minimum absolute atomic E-state index is 0.407. The summed E-state index contributed by atoms with van der Waals surface area (Å²) in [4.78, 5) is 0.